The molecule has 98 valence electrons. The van der Waals surface area contributed by atoms with Gasteiger partial charge in [-0.05, 0) is 30.5 Å². The van der Waals surface area contributed by atoms with Crippen LogP contribution in [0.1, 0.15) is 20.8 Å². The third-order valence-corrected chi connectivity index (χ3v) is 3.46. The highest BCUT2D eigenvalue weighted by atomic mass is 35.5. The highest BCUT2D eigenvalue weighted by molar-refractivity contribution is 6.30. The topological polar surface area (TPSA) is 32.3 Å². The van der Waals surface area contributed by atoms with Gasteiger partial charge in [-0.25, -0.2) is 0 Å². The molecule has 4 heteroatoms. The monoisotopic (exact) mass is 266 g/mol. The summed E-state index contributed by atoms with van der Waals surface area (Å²) < 4.78 is 0. The van der Waals surface area contributed by atoms with Crippen LogP contribution in [0.5, 0.6) is 0 Å². The number of carbonyl (C=O) groups excluding carboxylic acids is 1. The molecule has 1 saturated heterocycles. The normalized spacial score (nSPS) is 23.9. The van der Waals surface area contributed by atoms with Gasteiger partial charge in [0, 0.05) is 23.8 Å². The molecule has 0 aliphatic carbocycles. The van der Waals surface area contributed by atoms with Crippen LogP contribution in [-0.2, 0) is 4.79 Å². The lowest BCUT2D eigenvalue weighted by atomic mass is 9.93. The van der Waals surface area contributed by atoms with Crippen molar-refractivity contribution < 1.29 is 4.79 Å². The summed E-state index contributed by atoms with van der Waals surface area (Å²) in [5, 5.41) is 3.93. The second kappa shape index (κ2) is 4.90. The van der Waals surface area contributed by atoms with Crippen LogP contribution in [-0.4, -0.2) is 25.0 Å². The van der Waals surface area contributed by atoms with Crippen molar-refractivity contribution in [3.63, 3.8) is 0 Å². The Balaban J connectivity index is 2.36. The van der Waals surface area contributed by atoms with E-state index >= 15 is 0 Å². The smallest absolute Gasteiger partial charge is 0.243 e. The standard InChI is InChI=1S/C14H19ClN2O/c1-10-13(18)17(9-14(2,3)8-16-10)12-6-4-5-11(15)7-12/h4-7,10,16H,8-9H2,1-3H3. The fourth-order valence-corrected chi connectivity index (χ4v) is 2.36. The minimum atomic E-state index is -0.161. The van der Waals surface area contributed by atoms with Crippen molar-refractivity contribution in [1.29, 1.82) is 0 Å². The second-order valence-corrected chi connectivity index (χ2v) is 6.11. The van der Waals surface area contributed by atoms with Gasteiger partial charge in [0.25, 0.3) is 0 Å². The van der Waals surface area contributed by atoms with E-state index in [9.17, 15) is 4.79 Å². The summed E-state index contributed by atoms with van der Waals surface area (Å²) in [5.41, 5.74) is 0.916. The molecule has 0 radical (unpaired) electrons. The van der Waals surface area contributed by atoms with Crippen molar-refractivity contribution in [2.75, 3.05) is 18.0 Å². The number of benzene rings is 1. The van der Waals surface area contributed by atoms with E-state index in [1.807, 2.05) is 36.1 Å². The maximum Gasteiger partial charge on any atom is 0.243 e. The molecular formula is C14H19ClN2O. The molecule has 1 amide bonds. The predicted molar refractivity (Wildman–Crippen MR) is 75.1 cm³/mol. The Morgan fingerprint density at radius 1 is 1.44 bits per heavy atom. The summed E-state index contributed by atoms with van der Waals surface area (Å²) in [6, 6.07) is 7.30. The minimum absolute atomic E-state index is 0.0444. The molecule has 0 bridgehead atoms. The number of carbonyl (C=O) groups is 1. The van der Waals surface area contributed by atoms with Crippen LogP contribution >= 0.6 is 11.6 Å². The molecule has 2 rings (SSSR count). The van der Waals surface area contributed by atoms with E-state index in [1.165, 1.54) is 0 Å². The van der Waals surface area contributed by atoms with Gasteiger partial charge in [-0.1, -0.05) is 31.5 Å². The van der Waals surface area contributed by atoms with Gasteiger partial charge >= 0.3 is 0 Å². The molecule has 1 fully saturated rings. The molecule has 1 aromatic rings. The Kier molecular flexibility index (Phi) is 3.64. The molecule has 1 unspecified atom stereocenters. The zero-order valence-electron chi connectivity index (χ0n) is 11.0. The Bertz CT molecular complexity index is 459. The fraction of sp³-hybridized carbons (Fsp3) is 0.500. The van der Waals surface area contributed by atoms with Crippen LogP contribution in [0.2, 0.25) is 5.02 Å². The first kappa shape index (κ1) is 13.4. The molecule has 3 nitrogen and oxygen atoms in total. The first-order valence-corrected chi connectivity index (χ1v) is 6.57. The summed E-state index contributed by atoms with van der Waals surface area (Å²) >= 11 is 6.01. The Morgan fingerprint density at radius 3 is 2.83 bits per heavy atom. The van der Waals surface area contributed by atoms with E-state index < -0.39 is 0 Å². The van der Waals surface area contributed by atoms with Crippen LogP contribution in [0.3, 0.4) is 0 Å². The number of hydrogen-bond donors (Lipinski definition) is 1. The van der Waals surface area contributed by atoms with Crippen LogP contribution in [0.15, 0.2) is 24.3 Å². The van der Waals surface area contributed by atoms with Gasteiger partial charge in [0.1, 0.15) is 0 Å². The molecule has 1 aliphatic heterocycles. The molecule has 0 spiro atoms. The number of rotatable bonds is 1. The number of nitrogens with zero attached hydrogens (tertiary/aromatic N) is 1. The van der Waals surface area contributed by atoms with Crippen molar-refractivity contribution in [3.05, 3.63) is 29.3 Å². The summed E-state index contributed by atoms with van der Waals surface area (Å²) in [6.07, 6.45) is 0. The first-order chi connectivity index (χ1) is 8.39. The van der Waals surface area contributed by atoms with E-state index in [2.05, 4.69) is 19.2 Å². The molecule has 18 heavy (non-hydrogen) atoms. The molecule has 1 atom stereocenters. The van der Waals surface area contributed by atoms with E-state index in [0.717, 1.165) is 12.2 Å². The lowest BCUT2D eigenvalue weighted by Crippen LogP contribution is -2.42. The van der Waals surface area contributed by atoms with E-state index in [4.69, 9.17) is 11.6 Å². The summed E-state index contributed by atoms with van der Waals surface area (Å²) in [4.78, 5) is 14.2. The van der Waals surface area contributed by atoms with Gasteiger partial charge < -0.3 is 10.2 Å². The number of halogens is 1. The Labute approximate surface area is 113 Å². The van der Waals surface area contributed by atoms with Gasteiger partial charge in [0.15, 0.2) is 0 Å². The Morgan fingerprint density at radius 2 is 2.17 bits per heavy atom. The van der Waals surface area contributed by atoms with Gasteiger partial charge in [-0.3, -0.25) is 4.79 Å². The Hall–Kier alpha value is -1.06. The minimum Gasteiger partial charge on any atom is -0.310 e. The number of nitrogens with one attached hydrogen (secondary N) is 1. The maximum atomic E-state index is 12.4. The molecule has 1 heterocycles. The lowest BCUT2D eigenvalue weighted by molar-refractivity contribution is -0.119. The number of anilines is 1. The van der Waals surface area contributed by atoms with Crippen molar-refractivity contribution in [2.45, 2.75) is 26.8 Å². The summed E-state index contributed by atoms with van der Waals surface area (Å²) in [6.45, 7) is 7.74. The van der Waals surface area contributed by atoms with Crippen LogP contribution in [0.4, 0.5) is 5.69 Å². The van der Waals surface area contributed by atoms with E-state index in [0.29, 0.717) is 11.6 Å². The van der Waals surface area contributed by atoms with E-state index in [1.54, 1.807) is 0 Å². The molecule has 0 aromatic heterocycles. The molecule has 1 aliphatic rings. The van der Waals surface area contributed by atoms with E-state index in [-0.39, 0.29) is 17.4 Å². The summed E-state index contributed by atoms with van der Waals surface area (Å²) in [7, 11) is 0. The lowest BCUT2D eigenvalue weighted by Gasteiger charge is -2.29. The largest absolute Gasteiger partial charge is 0.310 e. The van der Waals surface area contributed by atoms with Gasteiger partial charge in [0.05, 0.1) is 6.04 Å². The molecule has 1 N–H and O–H groups in total. The van der Waals surface area contributed by atoms with Crippen LogP contribution in [0.25, 0.3) is 0 Å². The first-order valence-electron chi connectivity index (χ1n) is 6.19. The fourth-order valence-electron chi connectivity index (χ4n) is 2.17. The quantitative estimate of drug-likeness (QED) is 0.848. The van der Waals surface area contributed by atoms with Gasteiger partial charge in [-0.15, -0.1) is 0 Å². The molecular weight excluding hydrogens is 248 g/mol. The zero-order chi connectivity index (χ0) is 13.3. The summed E-state index contributed by atoms with van der Waals surface area (Å²) in [5.74, 6) is 0.0999. The van der Waals surface area contributed by atoms with Gasteiger partial charge in [-0.2, -0.15) is 0 Å². The number of hydrogen-bond acceptors (Lipinski definition) is 2. The van der Waals surface area contributed by atoms with Crippen molar-refractivity contribution in [2.24, 2.45) is 5.41 Å². The van der Waals surface area contributed by atoms with Gasteiger partial charge in [0.2, 0.25) is 5.91 Å². The van der Waals surface area contributed by atoms with Crippen molar-refractivity contribution >= 4 is 23.2 Å². The second-order valence-electron chi connectivity index (χ2n) is 5.67. The number of amides is 1. The highest BCUT2D eigenvalue weighted by Crippen LogP contribution is 2.26. The average molecular weight is 267 g/mol. The third-order valence-electron chi connectivity index (χ3n) is 3.23. The predicted octanol–water partition coefficient (Wildman–Crippen LogP) is 2.69. The maximum absolute atomic E-state index is 12.4. The van der Waals surface area contributed by atoms with Crippen LogP contribution in [0, 0.1) is 5.41 Å². The SMILES string of the molecule is CC1NCC(C)(C)CN(c2cccc(Cl)c2)C1=O. The average Bonchev–Trinajstić information content (AvgIpc) is 2.41. The third kappa shape index (κ3) is 2.85. The molecule has 1 aromatic carbocycles. The highest BCUT2D eigenvalue weighted by Gasteiger charge is 2.33. The zero-order valence-corrected chi connectivity index (χ0v) is 11.8. The molecule has 0 saturated carbocycles. The van der Waals surface area contributed by atoms with Crippen molar-refractivity contribution in [1.82, 2.24) is 5.32 Å². The van der Waals surface area contributed by atoms with Crippen molar-refractivity contribution in [3.8, 4) is 0 Å². The van der Waals surface area contributed by atoms with Crippen LogP contribution < -0.4 is 10.2 Å².